The van der Waals surface area contributed by atoms with Crippen LogP contribution < -0.4 is 9.47 Å². The number of benzene rings is 2. The monoisotopic (exact) mass is 449 g/mol. The molecule has 0 unspecified atom stereocenters. The molecule has 3 nitrogen and oxygen atoms in total. The Balaban J connectivity index is 2.49. The highest BCUT2D eigenvalue weighted by Crippen LogP contribution is 2.35. The number of nitriles is 1. The highest BCUT2D eigenvalue weighted by atomic mass is 127. The van der Waals surface area contributed by atoms with Crippen molar-refractivity contribution in [2.24, 2.45) is 0 Å². The minimum atomic E-state index is -0.430. The zero-order valence-electron chi connectivity index (χ0n) is 13.8. The van der Waals surface area contributed by atoms with E-state index in [1.165, 1.54) is 6.07 Å². The number of hydrogen-bond acceptors (Lipinski definition) is 3. The molecule has 25 heavy (non-hydrogen) atoms. The highest BCUT2D eigenvalue weighted by molar-refractivity contribution is 14.1. The fourth-order valence-corrected chi connectivity index (χ4v) is 3.01. The van der Waals surface area contributed by atoms with Crippen LogP contribution >= 0.6 is 22.6 Å². The summed E-state index contributed by atoms with van der Waals surface area (Å²) in [6.45, 7) is 6.37. The van der Waals surface area contributed by atoms with Crippen LogP contribution in [0.1, 0.15) is 18.1 Å². The third kappa shape index (κ3) is 4.83. The second-order valence-electron chi connectivity index (χ2n) is 5.01. The summed E-state index contributed by atoms with van der Waals surface area (Å²) < 4.78 is 26.1. The summed E-state index contributed by atoms with van der Waals surface area (Å²) >= 11 is 2.15. The molecule has 0 N–H and O–H groups in total. The van der Waals surface area contributed by atoms with Crippen molar-refractivity contribution < 1.29 is 13.9 Å². The molecule has 0 saturated heterocycles. The Bertz CT molecular complexity index is 840. The van der Waals surface area contributed by atoms with E-state index in [1.807, 2.05) is 13.0 Å². The summed E-state index contributed by atoms with van der Waals surface area (Å²) in [5.41, 5.74) is 1.25. The van der Waals surface area contributed by atoms with Crippen molar-refractivity contribution in [1.82, 2.24) is 0 Å². The lowest BCUT2D eigenvalue weighted by atomic mass is 10.0. The van der Waals surface area contributed by atoms with Crippen molar-refractivity contribution in [2.75, 3.05) is 13.2 Å². The summed E-state index contributed by atoms with van der Waals surface area (Å²) in [7, 11) is 0. The number of allylic oxidation sites excluding steroid dienone is 1. The van der Waals surface area contributed by atoms with Crippen molar-refractivity contribution in [3.8, 4) is 17.6 Å². The minimum Gasteiger partial charge on any atom is -0.490 e. The molecule has 0 radical (unpaired) electrons. The van der Waals surface area contributed by atoms with E-state index in [9.17, 15) is 9.65 Å². The molecular formula is C20H17FINO2. The fraction of sp³-hybridized carbons (Fsp3) is 0.150. The lowest BCUT2D eigenvalue weighted by molar-refractivity contribution is 0.295. The van der Waals surface area contributed by atoms with Gasteiger partial charge in [0, 0.05) is 5.56 Å². The smallest absolute Gasteiger partial charge is 0.174 e. The fourth-order valence-electron chi connectivity index (χ4n) is 2.23. The van der Waals surface area contributed by atoms with Gasteiger partial charge >= 0.3 is 0 Å². The Labute approximate surface area is 160 Å². The number of nitrogens with zero attached hydrogens (tertiary/aromatic N) is 1. The molecule has 0 aliphatic rings. The number of ether oxygens (including phenoxy) is 2. The quantitative estimate of drug-likeness (QED) is 0.244. The normalized spacial score (nSPS) is 10.9. The second kappa shape index (κ2) is 9.23. The molecule has 0 aliphatic heterocycles. The van der Waals surface area contributed by atoms with Crippen LogP contribution in [-0.2, 0) is 0 Å². The van der Waals surface area contributed by atoms with E-state index in [4.69, 9.17) is 9.47 Å². The van der Waals surface area contributed by atoms with Crippen LogP contribution in [0.4, 0.5) is 4.39 Å². The van der Waals surface area contributed by atoms with Crippen molar-refractivity contribution in [2.45, 2.75) is 6.92 Å². The maximum Gasteiger partial charge on any atom is 0.174 e. The standard InChI is InChI=1S/C20H17FINO2/c1-3-9-25-20-18(22)11-14(12-19(20)24-4-2)10-15(13-23)16-7-5-6-8-17(16)21/h3,5-8,10-12H,1,4,9H2,2H3/b15-10-. The third-order valence-corrected chi connectivity index (χ3v) is 4.07. The van der Waals surface area contributed by atoms with E-state index in [2.05, 4.69) is 35.2 Å². The zero-order chi connectivity index (χ0) is 18.2. The highest BCUT2D eigenvalue weighted by Gasteiger charge is 2.13. The first kappa shape index (κ1) is 19.0. The van der Waals surface area contributed by atoms with Crippen LogP contribution in [0.2, 0.25) is 0 Å². The van der Waals surface area contributed by atoms with Gasteiger partial charge in [0.1, 0.15) is 12.4 Å². The minimum absolute atomic E-state index is 0.246. The predicted molar refractivity (Wildman–Crippen MR) is 106 cm³/mol. The summed E-state index contributed by atoms with van der Waals surface area (Å²) in [5.74, 6) is 0.776. The molecule has 2 rings (SSSR count). The van der Waals surface area contributed by atoms with Gasteiger partial charge in [-0.25, -0.2) is 4.39 Å². The second-order valence-corrected chi connectivity index (χ2v) is 6.17. The van der Waals surface area contributed by atoms with Crippen molar-refractivity contribution in [3.63, 3.8) is 0 Å². The van der Waals surface area contributed by atoms with E-state index in [1.54, 1.807) is 36.4 Å². The Morgan fingerprint density at radius 3 is 2.72 bits per heavy atom. The maximum atomic E-state index is 14.0. The molecule has 2 aromatic rings. The summed E-state index contributed by atoms with van der Waals surface area (Å²) in [6, 6.07) is 11.9. The maximum absolute atomic E-state index is 14.0. The first-order valence-electron chi connectivity index (χ1n) is 7.67. The summed E-state index contributed by atoms with van der Waals surface area (Å²) in [5, 5.41) is 9.42. The predicted octanol–water partition coefficient (Wildman–Crippen LogP) is 5.46. The molecule has 0 atom stereocenters. The average molecular weight is 449 g/mol. The van der Waals surface area contributed by atoms with Gasteiger partial charge in [0.05, 0.1) is 21.8 Å². The molecule has 0 aliphatic carbocycles. The zero-order valence-corrected chi connectivity index (χ0v) is 15.9. The first-order valence-corrected chi connectivity index (χ1v) is 8.75. The van der Waals surface area contributed by atoms with Gasteiger partial charge in [0.2, 0.25) is 0 Å². The number of rotatable bonds is 7. The summed E-state index contributed by atoms with van der Waals surface area (Å²) in [4.78, 5) is 0. The third-order valence-electron chi connectivity index (χ3n) is 3.27. The van der Waals surface area contributed by atoms with Crippen LogP contribution in [0.25, 0.3) is 11.6 Å². The average Bonchev–Trinajstić information content (AvgIpc) is 2.60. The molecular weight excluding hydrogens is 432 g/mol. The SMILES string of the molecule is C=CCOc1c(I)cc(/C=C(/C#N)c2ccccc2F)cc1OCC. The topological polar surface area (TPSA) is 42.2 Å². The van der Waals surface area contributed by atoms with E-state index in [0.29, 0.717) is 24.7 Å². The Morgan fingerprint density at radius 1 is 1.32 bits per heavy atom. The van der Waals surface area contributed by atoms with E-state index < -0.39 is 5.82 Å². The van der Waals surface area contributed by atoms with Gasteiger partial charge in [-0.15, -0.1) is 0 Å². The van der Waals surface area contributed by atoms with Gasteiger partial charge in [-0.05, 0) is 59.4 Å². The summed E-state index contributed by atoms with van der Waals surface area (Å²) in [6.07, 6.45) is 3.30. The molecule has 0 saturated carbocycles. The van der Waals surface area contributed by atoms with Gasteiger partial charge in [0.15, 0.2) is 11.5 Å². The molecule has 2 aromatic carbocycles. The molecule has 0 spiro atoms. The lowest BCUT2D eigenvalue weighted by Crippen LogP contribution is -2.01. The molecule has 0 heterocycles. The van der Waals surface area contributed by atoms with E-state index in [0.717, 1.165) is 9.13 Å². The van der Waals surface area contributed by atoms with E-state index >= 15 is 0 Å². The van der Waals surface area contributed by atoms with Crippen molar-refractivity contribution >= 4 is 34.2 Å². The van der Waals surface area contributed by atoms with Gasteiger partial charge in [-0.3, -0.25) is 0 Å². The van der Waals surface area contributed by atoms with Gasteiger partial charge in [-0.2, -0.15) is 5.26 Å². The van der Waals surface area contributed by atoms with E-state index in [-0.39, 0.29) is 11.1 Å². The van der Waals surface area contributed by atoms with Crippen LogP contribution in [-0.4, -0.2) is 13.2 Å². The lowest BCUT2D eigenvalue weighted by Gasteiger charge is -2.14. The molecule has 0 aromatic heterocycles. The van der Waals surface area contributed by atoms with Crippen LogP contribution in [0.3, 0.4) is 0 Å². The van der Waals surface area contributed by atoms with Crippen molar-refractivity contribution in [1.29, 1.82) is 5.26 Å². The van der Waals surface area contributed by atoms with Crippen LogP contribution in [0.15, 0.2) is 49.1 Å². The molecule has 128 valence electrons. The van der Waals surface area contributed by atoms with Crippen LogP contribution in [0, 0.1) is 20.7 Å². The number of hydrogen-bond donors (Lipinski definition) is 0. The molecule has 0 fully saturated rings. The van der Waals surface area contributed by atoms with Crippen molar-refractivity contribution in [3.05, 3.63) is 69.6 Å². The molecule has 0 amide bonds. The van der Waals surface area contributed by atoms with Crippen LogP contribution in [0.5, 0.6) is 11.5 Å². The molecule has 5 heteroatoms. The van der Waals surface area contributed by atoms with Gasteiger partial charge in [-0.1, -0.05) is 30.9 Å². The van der Waals surface area contributed by atoms with Gasteiger partial charge < -0.3 is 9.47 Å². The first-order chi connectivity index (χ1) is 12.1. The largest absolute Gasteiger partial charge is 0.490 e. The Kier molecular flexibility index (Phi) is 7.02. The Morgan fingerprint density at radius 2 is 2.08 bits per heavy atom. The number of halogens is 2. The molecule has 0 bridgehead atoms. The van der Waals surface area contributed by atoms with Gasteiger partial charge in [0.25, 0.3) is 0 Å². The Hall–Kier alpha value is -2.33.